The molecule has 0 aromatic heterocycles. The van der Waals surface area contributed by atoms with Gasteiger partial charge in [-0.25, -0.2) is 4.79 Å². The van der Waals surface area contributed by atoms with Gasteiger partial charge >= 0.3 is 5.97 Å². The van der Waals surface area contributed by atoms with Crippen molar-refractivity contribution < 1.29 is 19.1 Å². The summed E-state index contributed by atoms with van der Waals surface area (Å²) in [5.41, 5.74) is 2.16. The first-order valence-electron chi connectivity index (χ1n) is 9.09. The number of benzene rings is 2. The summed E-state index contributed by atoms with van der Waals surface area (Å²) in [5, 5.41) is 3.00. The lowest BCUT2D eigenvalue weighted by molar-refractivity contribution is -0.123. The van der Waals surface area contributed by atoms with Crippen LogP contribution in [-0.2, 0) is 16.1 Å². The molecule has 0 saturated carbocycles. The molecule has 0 aliphatic carbocycles. The van der Waals surface area contributed by atoms with E-state index in [2.05, 4.69) is 19.2 Å². The maximum Gasteiger partial charge on any atom is 0.341 e. The van der Waals surface area contributed by atoms with Crippen LogP contribution in [0, 0.1) is 5.92 Å². The van der Waals surface area contributed by atoms with E-state index in [0.29, 0.717) is 17.9 Å². The number of methoxy groups -OCH3 is 2. The van der Waals surface area contributed by atoms with Crippen LogP contribution in [-0.4, -0.2) is 26.1 Å². The highest BCUT2D eigenvalue weighted by Gasteiger charge is 2.25. The predicted molar refractivity (Wildman–Crippen MR) is 105 cm³/mol. The van der Waals surface area contributed by atoms with Gasteiger partial charge < -0.3 is 14.8 Å². The molecule has 5 nitrogen and oxygen atoms in total. The third-order valence-electron chi connectivity index (χ3n) is 4.79. The number of hydrogen-bond acceptors (Lipinski definition) is 4. The van der Waals surface area contributed by atoms with Crippen LogP contribution in [0.15, 0.2) is 48.5 Å². The zero-order valence-corrected chi connectivity index (χ0v) is 16.3. The monoisotopic (exact) mass is 369 g/mol. The van der Waals surface area contributed by atoms with Gasteiger partial charge in [0.2, 0.25) is 5.91 Å². The van der Waals surface area contributed by atoms with Gasteiger partial charge in [0, 0.05) is 6.54 Å². The van der Waals surface area contributed by atoms with Crippen LogP contribution in [0.5, 0.6) is 5.75 Å². The maximum absolute atomic E-state index is 12.9. The van der Waals surface area contributed by atoms with Gasteiger partial charge in [-0.2, -0.15) is 0 Å². The normalized spacial score (nSPS) is 12.7. The van der Waals surface area contributed by atoms with Gasteiger partial charge in [-0.05, 0) is 29.2 Å². The zero-order chi connectivity index (χ0) is 19.8. The van der Waals surface area contributed by atoms with E-state index in [1.54, 1.807) is 12.1 Å². The Kier molecular flexibility index (Phi) is 7.41. The van der Waals surface area contributed by atoms with Crippen LogP contribution in [0.1, 0.15) is 47.7 Å². The summed E-state index contributed by atoms with van der Waals surface area (Å²) >= 11 is 0. The fourth-order valence-electron chi connectivity index (χ4n) is 3.07. The van der Waals surface area contributed by atoms with E-state index in [9.17, 15) is 9.59 Å². The summed E-state index contributed by atoms with van der Waals surface area (Å²) in [6, 6.07) is 15.0. The van der Waals surface area contributed by atoms with E-state index in [-0.39, 0.29) is 17.7 Å². The molecule has 1 N–H and O–H groups in total. The molecule has 144 valence electrons. The number of rotatable bonds is 8. The van der Waals surface area contributed by atoms with Gasteiger partial charge in [-0.1, -0.05) is 56.7 Å². The quantitative estimate of drug-likeness (QED) is 0.716. The molecule has 0 saturated heterocycles. The van der Waals surface area contributed by atoms with Gasteiger partial charge in [0.25, 0.3) is 0 Å². The van der Waals surface area contributed by atoms with Crippen LogP contribution in [0.3, 0.4) is 0 Å². The van der Waals surface area contributed by atoms with Crippen molar-refractivity contribution in [3.05, 3.63) is 65.2 Å². The molecule has 1 amide bonds. The highest BCUT2D eigenvalue weighted by molar-refractivity contribution is 5.92. The van der Waals surface area contributed by atoms with Gasteiger partial charge in [0.1, 0.15) is 11.3 Å². The highest BCUT2D eigenvalue weighted by atomic mass is 16.5. The van der Waals surface area contributed by atoms with Gasteiger partial charge in [0.05, 0.1) is 20.1 Å². The van der Waals surface area contributed by atoms with E-state index in [0.717, 1.165) is 17.5 Å². The molecule has 0 heterocycles. The Labute approximate surface area is 160 Å². The van der Waals surface area contributed by atoms with Crippen LogP contribution in [0.2, 0.25) is 0 Å². The lowest BCUT2D eigenvalue weighted by atomic mass is 9.85. The molecule has 0 bridgehead atoms. The minimum absolute atomic E-state index is 0.0222. The highest BCUT2D eigenvalue weighted by Crippen LogP contribution is 2.27. The van der Waals surface area contributed by atoms with Crippen LogP contribution >= 0.6 is 0 Å². The summed E-state index contributed by atoms with van der Waals surface area (Å²) in [6.45, 7) is 4.49. The van der Waals surface area contributed by atoms with E-state index in [4.69, 9.17) is 9.47 Å². The van der Waals surface area contributed by atoms with Crippen LogP contribution in [0.25, 0.3) is 0 Å². The summed E-state index contributed by atoms with van der Waals surface area (Å²) in [7, 11) is 2.83. The van der Waals surface area contributed by atoms with Crippen molar-refractivity contribution in [3.8, 4) is 5.75 Å². The number of carbonyl (C=O) groups is 2. The molecule has 2 atom stereocenters. The molecule has 5 heteroatoms. The molecule has 2 aromatic rings. The summed E-state index contributed by atoms with van der Waals surface area (Å²) in [5.74, 6) is -0.0464. The summed E-state index contributed by atoms with van der Waals surface area (Å²) in [4.78, 5) is 24.8. The summed E-state index contributed by atoms with van der Waals surface area (Å²) < 4.78 is 10.00. The molecule has 0 aliphatic heterocycles. The van der Waals surface area contributed by atoms with Crippen molar-refractivity contribution in [2.75, 3.05) is 14.2 Å². The smallest absolute Gasteiger partial charge is 0.341 e. The predicted octanol–water partition coefficient (Wildman–Crippen LogP) is 3.93. The fourth-order valence-corrected chi connectivity index (χ4v) is 3.07. The van der Waals surface area contributed by atoms with Gasteiger partial charge in [0.15, 0.2) is 0 Å². The average Bonchev–Trinajstić information content (AvgIpc) is 2.72. The Morgan fingerprint density at radius 3 is 2.37 bits per heavy atom. The summed E-state index contributed by atoms with van der Waals surface area (Å²) in [6.07, 6.45) is 0.905. The Morgan fingerprint density at radius 2 is 1.78 bits per heavy atom. The minimum atomic E-state index is -0.471. The first-order chi connectivity index (χ1) is 13.0. The molecular formula is C22H27NO4. The fraction of sp³-hybridized carbons (Fsp3) is 0.364. The van der Waals surface area contributed by atoms with Gasteiger partial charge in [-0.3, -0.25) is 4.79 Å². The van der Waals surface area contributed by atoms with E-state index in [1.165, 1.54) is 14.2 Å². The van der Waals surface area contributed by atoms with E-state index < -0.39 is 5.97 Å². The van der Waals surface area contributed by atoms with E-state index >= 15 is 0 Å². The first kappa shape index (κ1) is 20.5. The third-order valence-corrected chi connectivity index (χ3v) is 4.79. The molecule has 27 heavy (non-hydrogen) atoms. The minimum Gasteiger partial charge on any atom is -0.496 e. The lowest BCUT2D eigenvalue weighted by Gasteiger charge is -2.23. The van der Waals surface area contributed by atoms with Crippen LogP contribution in [0.4, 0.5) is 0 Å². The Bertz CT molecular complexity index is 773. The van der Waals surface area contributed by atoms with Crippen LogP contribution < -0.4 is 10.1 Å². The van der Waals surface area contributed by atoms with Gasteiger partial charge in [-0.15, -0.1) is 0 Å². The maximum atomic E-state index is 12.9. The SMILES string of the molecule is CCC(C)C(C(=O)NCc1ccc(OC)c(C(=O)OC)c1)c1ccccc1. The van der Waals surface area contributed by atoms with Crippen molar-refractivity contribution in [3.63, 3.8) is 0 Å². The second-order valence-electron chi connectivity index (χ2n) is 6.52. The second kappa shape index (κ2) is 9.76. The van der Waals surface area contributed by atoms with Crippen molar-refractivity contribution in [1.29, 1.82) is 0 Å². The number of amides is 1. The van der Waals surface area contributed by atoms with E-state index in [1.807, 2.05) is 36.4 Å². The van der Waals surface area contributed by atoms with Crippen molar-refractivity contribution in [1.82, 2.24) is 5.32 Å². The Balaban J connectivity index is 2.16. The molecule has 2 aromatic carbocycles. The third kappa shape index (κ3) is 5.09. The number of ether oxygens (including phenoxy) is 2. The number of carbonyl (C=O) groups excluding carboxylic acids is 2. The Hall–Kier alpha value is -2.82. The Morgan fingerprint density at radius 1 is 1.07 bits per heavy atom. The molecule has 0 radical (unpaired) electrons. The number of nitrogens with one attached hydrogen (secondary N) is 1. The average molecular weight is 369 g/mol. The number of esters is 1. The van der Waals surface area contributed by atoms with Crippen molar-refractivity contribution in [2.24, 2.45) is 5.92 Å². The topological polar surface area (TPSA) is 64.6 Å². The zero-order valence-electron chi connectivity index (χ0n) is 16.3. The van der Waals surface area contributed by atoms with Crippen molar-refractivity contribution in [2.45, 2.75) is 32.7 Å². The molecular weight excluding hydrogens is 342 g/mol. The molecule has 0 aliphatic rings. The number of hydrogen-bond donors (Lipinski definition) is 1. The molecule has 0 fully saturated rings. The molecule has 2 rings (SSSR count). The van der Waals surface area contributed by atoms with Crippen molar-refractivity contribution >= 4 is 11.9 Å². The molecule has 0 spiro atoms. The molecule has 2 unspecified atom stereocenters. The standard InChI is InChI=1S/C22H27NO4/c1-5-15(2)20(17-9-7-6-8-10-17)21(24)23-14-16-11-12-19(26-3)18(13-16)22(25)27-4/h6-13,15,20H,5,14H2,1-4H3,(H,23,24). The first-order valence-corrected chi connectivity index (χ1v) is 9.09. The largest absolute Gasteiger partial charge is 0.496 e. The lowest BCUT2D eigenvalue weighted by Crippen LogP contribution is -2.32. The second-order valence-corrected chi connectivity index (χ2v) is 6.52.